The second-order valence-electron chi connectivity index (χ2n) is 4.82. The number of aliphatic carboxylic acids is 1. The summed E-state index contributed by atoms with van der Waals surface area (Å²) in [6, 6.07) is 5.77. The van der Waals surface area contributed by atoms with Gasteiger partial charge in [-0.25, -0.2) is 0 Å². The van der Waals surface area contributed by atoms with E-state index in [4.69, 9.17) is 5.11 Å². The van der Waals surface area contributed by atoms with Crippen molar-refractivity contribution >= 4 is 11.9 Å². The molecule has 1 aliphatic carbocycles. The molecule has 4 heteroatoms. The molecule has 0 unspecified atom stereocenters. The van der Waals surface area contributed by atoms with Crippen LogP contribution in [0, 0.1) is 13.8 Å². The molecule has 1 N–H and O–H groups in total. The molecule has 1 amide bonds. The lowest BCUT2D eigenvalue weighted by Crippen LogP contribution is -2.38. The molecule has 1 saturated carbocycles. The zero-order valence-electron chi connectivity index (χ0n) is 10.6. The maximum absolute atomic E-state index is 12.5. The van der Waals surface area contributed by atoms with Gasteiger partial charge in [0.2, 0.25) is 0 Å². The second-order valence-corrected chi connectivity index (χ2v) is 4.82. The molecule has 0 saturated heterocycles. The molecule has 1 fully saturated rings. The predicted octanol–water partition coefficient (Wildman–Crippen LogP) is 1.99. The molecule has 2 rings (SSSR count). The number of nitrogens with zero attached hydrogens (tertiary/aromatic N) is 1. The first kappa shape index (κ1) is 12.6. The largest absolute Gasteiger partial charge is 0.480 e. The summed E-state index contributed by atoms with van der Waals surface area (Å²) in [5.74, 6) is -1.11. The van der Waals surface area contributed by atoms with Crippen LogP contribution in [0.4, 0.5) is 0 Å². The van der Waals surface area contributed by atoms with Crippen LogP contribution < -0.4 is 0 Å². The molecular formula is C14H17NO3. The number of carbonyl (C=O) groups excluding carboxylic acids is 1. The Morgan fingerprint density at radius 2 is 1.83 bits per heavy atom. The molecule has 1 aromatic rings. The highest BCUT2D eigenvalue weighted by Crippen LogP contribution is 2.29. The highest BCUT2D eigenvalue weighted by Gasteiger charge is 2.35. The van der Waals surface area contributed by atoms with Crippen LogP contribution in [-0.4, -0.2) is 34.5 Å². The maximum Gasteiger partial charge on any atom is 0.323 e. The summed E-state index contributed by atoms with van der Waals surface area (Å²) in [7, 11) is 0. The van der Waals surface area contributed by atoms with Crippen molar-refractivity contribution in [2.45, 2.75) is 32.7 Å². The third-order valence-electron chi connectivity index (χ3n) is 3.25. The highest BCUT2D eigenvalue weighted by molar-refractivity contribution is 5.98. The summed E-state index contributed by atoms with van der Waals surface area (Å²) in [6.07, 6.45) is 1.81. The predicted molar refractivity (Wildman–Crippen MR) is 67.6 cm³/mol. The van der Waals surface area contributed by atoms with Crippen LogP contribution in [0.1, 0.15) is 34.3 Å². The number of rotatable bonds is 4. The topological polar surface area (TPSA) is 57.6 Å². The van der Waals surface area contributed by atoms with E-state index in [9.17, 15) is 9.59 Å². The van der Waals surface area contributed by atoms with Crippen LogP contribution in [0.2, 0.25) is 0 Å². The van der Waals surface area contributed by atoms with Gasteiger partial charge in [-0.2, -0.15) is 0 Å². The Balaban J connectivity index is 2.30. The van der Waals surface area contributed by atoms with Crippen molar-refractivity contribution in [3.63, 3.8) is 0 Å². The lowest BCUT2D eigenvalue weighted by molar-refractivity contribution is -0.137. The van der Waals surface area contributed by atoms with Crippen molar-refractivity contribution in [2.24, 2.45) is 0 Å². The number of carboxylic acid groups (broad SMARTS) is 1. The van der Waals surface area contributed by atoms with E-state index in [-0.39, 0.29) is 18.5 Å². The number of amides is 1. The van der Waals surface area contributed by atoms with Crippen molar-refractivity contribution in [3.05, 3.63) is 34.9 Å². The molecule has 0 aliphatic heterocycles. The Morgan fingerprint density at radius 1 is 1.28 bits per heavy atom. The van der Waals surface area contributed by atoms with Crippen LogP contribution >= 0.6 is 0 Å². The van der Waals surface area contributed by atoms with E-state index in [1.807, 2.05) is 32.0 Å². The number of carbonyl (C=O) groups is 2. The van der Waals surface area contributed by atoms with Crippen molar-refractivity contribution in [1.82, 2.24) is 4.90 Å². The summed E-state index contributed by atoms with van der Waals surface area (Å²) in [6.45, 7) is 3.55. The first-order chi connectivity index (χ1) is 8.50. The molecule has 1 aliphatic rings. The Morgan fingerprint density at radius 3 is 2.28 bits per heavy atom. The average molecular weight is 247 g/mol. The third-order valence-corrected chi connectivity index (χ3v) is 3.25. The van der Waals surface area contributed by atoms with Gasteiger partial charge in [-0.3, -0.25) is 9.59 Å². The summed E-state index contributed by atoms with van der Waals surface area (Å²) < 4.78 is 0. The van der Waals surface area contributed by atoms with Gasteiger partial charge in [0.25, 0.3) is 5.91 Å². The molecule has 18 heavy (non-hydrogen) atoms. The Bertz CT molecular complexity index is 472. The number of hydrogen-bond donors (Lipinski definition) is 1. The zero-order valence-corrected chi connectivity index (χ0v) is 10.6. The lowest BCUT2D eigenvalue weighted by Gasteiger charge is -2.22. The molecule has 96 valence electrons. The molecule has 0 radical (unpaired) electrons. The molecule has 0 spiro atoms. The lowest BCUT2D eigenvalue weighted by atomic mass is 10.0. The van der Waals surface area contributed by atoms with Crippen molar-refractivity contribution in [1.29, 1.82) is 0 Å². The standard InChI is InChI=1S/C14H17NO3/c1-9-4-3-5-10(2)13(9)14(18)15(8-12(16)17)11-6-7-11/h3-5,11H,6-8H2,1-2H3,(H,16,17). The van der Waals surface area contributed by atoms with E-state index >= 15 is 0 Å². The van der Waals surface area contributed by atoms with E-state index in [1.54, 1.807) is 0 Å². The van der Waals surface area contributed by atoms with E-state index in [1.165, 1.54) is 4.90 Å². The van der Waals surface area contributed by atoms with Gasteiger partial charge in [0.1, 0.15) is 6.54 Å². The Labute approximate surface area is 106 Å². The van der Waals surface area contributed by atoms with Gasteiger partial charge in [-0.15, -0.1) is 0 Å². The van der Waals surface area contributed by atoms with Crippen LogP contribution in [-0.2, 0) is 4.79 Å². The quantitative estimate of drug-likeness (QED) is 0.885. The highest BCUT2D eigenvalue weighted by atomic mass is 16.4. The normalized spacial score (nSPS) is 14.3. The summed E-state index contributed by atoms with van der Waals surface area (Å²) in [4.78, 5) is 24.8. The van der Waals surface area contributed by atoms with Crippen LogP contribution in [0.3, 0.4) is 0 Å². The van der Waals surface area contributed by atoms with Crippen LogP contribution in [0.15, 0.2) is 18.2 Å². The molecule has 0 bridgehead atoms. The van der Waals surface area contributed by atoms with E-state index in [0.717, 1.165) is 24.0 Å². The molecular weight excluding hydrogens is 230 g/mol. The van der Waals surface area contributed by atoms with Gasteiger partial charge < -0.3 is 10.0 Å². The monoisotopic (exact) mass is 247 g/mol. The smallest absolute Gasteiger partial charge is 0.323 e. The van der Waals surface area contributed by atoms with Crippen molar-refractivity contribution in [3.8, 4) is 0 Å². The first-order valence-electron chi connectivity index (χ1n) is 6.09. The zero-order chi connectivity index (χ0) is 13.3. The molecule has 1 aromatic carbocycles. The maximum atomic E-state index is 12.5. The first-order valence-corrected chi connectivity index (χ1v) is 6.09. The molecule has 0 atom stereocenters. The van der Waals surface area contributed by atoms with Crippen molar-refractivity contribution < 1.29 is 14.7 Å². The third kappa shape index (κ3) is 2.53. The fourth-order valence-electron chi connectivity index (χ4n) is 2.19. The molecule has 0 heterocycles. The van der Waals surface area contributed by atoms with Crippen molar-refractivity contribution in [2.75, 3.05) is 6.54 Å². The fraction of sp³-hybridized carbons (Fsp3) is 0.429. The second kappa shape index (κ2) is 4.80. The van der Waals surface area contributed by atoms with E-state index in [2.05, 4.69) is 0 Å². The van der Waals surface area contributed by atoms with Gasteiger partial charge in [-0.05, 0) is 37.8 Å². The van der Waals surface area contributed by atoms with Gasteiger partial charge >= 0.3 is 5.97 Å². The minimum atomic E-state index is -0.957. The minimum Gasteiger partial charge on any atom is -0.480 e. The summed E-state index contributed by atoms with van der Waals surface area (Å²) >= 11 is 0. The Kier molecular flexibility index (Phi) is 3.36. The van der Waals surface area contributed by atoms with Gasteiger partial charge in [0, 0.05) is 11.6 Å². The average Bonchev–Trinajstić information content (AvgIpc) is 3.09. The fourth-order valence-corrected chi connectivity index (χ4v) is 2.19. The van der Waals surface area contributed by atoms with E-state index < -0.39 is 5.97 Å². The number of hydrogen-bond acceptors (Lipinski definition) is 2. The van der Waals surface area contributed by atoms with E-state index in [0.29, 0.717) is 5.56 Å². The summed E-state index contributed by atoms with van der Waals surface area (Å²) in [5.41, 5.74) is 2.44. The van der Waals surface area contributed by atoms with Crippen LogP contribution in [0.25, 0.3) is 0 Å². The van der Waals surface area contributed by atoms with Gasteiger partial charge in [0.05, 0.1) is 0 Å². The number of carboxylic acids is 1. The minimum absolute atomic E-state index is 0.104. The van der Waals surface area contributed by atoms with Gasteiger partial charge in [0.15, 0.2) is 0 Å². The molecule has 4 nitrogen and oxygen atoms in total. The molecule has 0 aromatic heterocycles. The van der Waals surface area contributed by atoms with Gasteiger partial charge in [-0.1, -0.05) is 18.2 Å². The Hall–Kier alpha value is -1.84. The number of aryl methyl sites for hydroxylation is 2. The summed E-state index contributed by atoms with van der Waals surface area (Å²) in [5, 5.41) is 8.90. The number of benzene rings is 1. The SMILES string of the molecule is Cc1cccc(C)c1C(=O)N(CC(=O)O)C1CC1. The van der Waals surface area contributed by atoms with Crippen LogP contribution in [0.5, 0.6) is 0 Å².